The fourth-order valence-corrected chi connectivity index (χ4v) is 3.57. The van der Waals surface area contributed by atoms with Gasteiger partial charge < -0.3 is 9.80 Å². The predicted molar refractivity (Wildman–Crippen MR) is 84.7 cm³/mol. The maximum absolute atomic E-state index is 12.9. The fourth-order valence-electron chi connectivity index (χ4n) is 3.57. The van der Waals surface area contributed by atoms with Crippen molar-refractivity contribution in [2.45, 2.75) is 51.0 Å². The Kier molecular flexibility index (Phi) is 4.42. The Balaban J connectivity index is 1.80. The van der Waals surface area contributed by atoms with Gasteiger partial charge in [-0.05, 0) is 37.8 Å². The third-order valence-electron chi connectivity index (χ3n) is 4.87. The molecular weight excluding hydrogens is 262 g/mol. The molecule has 1 saturated heterocycles. The highest BCUT2D eigenvalue weighted by atomic mass is 16.2. The van der Waals surface area contributed by atoms with Crippen molar-refractivity contribution in [3.05, 3.63) is 23.9 Å². The van der Waals surface area contributed by atoms with Crippen molar-refractivity contribution in [3.8, 4) is 0 Å². The molecule has 3 rings (SSSR count). The zero-order chi connectivity index (χ0) is 14.7. The first kappa shape index (κ1) is 14.4. The first-order valence-electron chi connectivity index (χ1n) is 8.24. The first-order chi connectivity index (χ1) is 10.3. The largest absolute Gasteiger partial charge is 0.356 e. The Morgan fingerprint density at radius 3 is 2.62 bits per heavy atom. The zero-order valence-electron chi connectivity index (χ0n) is 12.9. The lowest BCUT2D eigenvalue weighted by molar-refractivity contribution is 0.0696. The van der Waals surface area contributed by atoms with Crippen LogP contribution in [-0.4, -0.2) is 42.0 Å². The number of hydrogen-bond donors (Lipinski definition) is 0. The average Bonchev–Trinajstić information content (AvgIpc) is 3.08. The number of carbonyl (C=O) groups is 1. The summed E-state index contributed by atoms with van der Waals surface area (Å²) in [5.41, 5.74) is 0.771. The Hall–Kier alpha value is -1.58. The van der Waals surface area contributed by atoms with Crippen molar-refractivity contribution >= 4 is 11.7 Å². The molecule has 0 N–H and O–H groups in total. The van der Waals surface area contributed by atoms with Gasteiger partial charge in [0.1, 0.15) is 5.82 Å². The lowest BCUT2D eigenvalue weighted by Crippen LogP contribution is -2.39. The molecule has 21 heavy (non-hydrogen) atoms. The van der Waals surface area contributed by atoms with Gasteiger partial charge in [-0.2, -0.15) is 0 Å². The van der Waals surface area contributed by atoms with E-state index in [0.29, 0.717) is 6.04 Å². The molecule has 0 spiro atoms. The lowest BCUT2D eigenvalue weighted by atomic mass is 9.94. The van der Waals surface area contributed by atoms with E-state index in [1.165, 1.54) is 32.1 Å². The summed E-state index contributed by atoms with van der Waals surface area (Å²) in [6, 6.07) is 4.21. The van der Waals surface area contributed by atoms with Gasteiger partial charge in [0.25, 0.3) is 5.91 Å². The van der Waals surface area contributed by atoms with E-state index in [9.17, 15) is 4.79 Å². The minimum Gasteiger partial charge on any atom is -0.356 e. The Morgan fingerprint density at radius 1 is 1.19 bits per heavy atom. The minimum atomic E-state index is 0.136. The van der Waals surface area contributed by atoms with Crippen LogP contribution in [0.5, 0.6) is 0 Å². The second kappa shape index (κ2) is 6.46. The number of carbonyl (C=O) groups excluding carboxylic acids is 1. The van der Waals surface area contributed by atoms with Crippen LogP contribution in [0.4, 0.5) is 5.82 Å². The molecule has 1 aliphatic heterocycles. The maximum atomic E-state index is 12.9. The van der Waals surface area contributed by atoms with Crippen molar-refractivity contribution in [1.82, 2.24) is 9.88 Å². The Morgan fingerprint density at radius 2 is 1.90 bits per heavy atom. The molecular formula is C17H25N3O. The SMILES string of the molecule is CN(C(=O)c1cccnc1N1CCCC1)C1CCCCC1. The molecule has 0 unspecified atom stereocenters. The first-order valence-corrected chi connectivity index (χ1v) is 8.24. The van der Waals surface area contributed by atoms with Crippen molar-refractivity contribution in [2.24, 2.45) is 0 Å². The van der Waals surface area contributed by atoms with Gasteiger partial charge in [0.2, 0.25) is 0 Å². The van der Waals surface area contributed by atoms with Gasteiger partial charge in [0.15, 0.2) is 0 Å². The molecule has 1 aliphatic carbocycles. The molecule has 114 valence electrons. The van der Waals surface area contributed by atoms with E-state index in [0.717, 1.165) is 37.3 Å². The second-order valence-corrected chi connectivity index (χ2v) is 6.28. The molecule has 1 saturated carbocycles. The van der Waals surface area contributed by atoms with Crippen LogP contribution < -0.4 is 4.90 Å². The van der Waals surface area contributed by atoms with Crippen LogP contribution in [0, 0.1) is 0 Å². The minimum absolute atomic E-state index is 0.136. The van der Waals surface area contributed by atoms with E-state index in [2.05, 4.69) is 9.88 Å². The number of nitrogens with zero attached hydrogens (tertiary/aromatic N) is 3. The summed E-state index contributed by atoms with van der Waals surface area (Å²) >= 11 is 0. The van der Waals surface area contributed by atoms with Gasteiger partial charge >= 0.3 is 0 Å². The van der Waals surface area contributed by atoms with Gasteiger partial charge in [-0.25, -0.2) is 4.98 Å². The molecule has 2 heterocycles. The number of pyridine rings is 1. The number of anilines is 1. The summed E-state index contributed by atoms with van der Waals surface area (Å²) in [5.74, 6) is 1.01. The molecule has 4 heteroatoms. The maximum Gasteiger partial charge on any atom is 0.257 e. The predicted octanol–water partition coefficient (Wildman–Crippen LogP) is 3.09. The van der Waals surface area contributed by atoms with E-state index in [1.54, 1.807) is 6.20 Å². The molecule has 0 bridgehead atoms. The standard InChI is InChI=1S/C17H25N3O/c1-19(14-8-3-2-4-9-14)17(21)15-10-7-11-18-16(15)20-12-5-6-13-20/h7,10-11,14H,2-6,8-9,12-13H2,1H3. The molecule has 0 aromatic carbocycles. The van der Waals surface area contributed by atoms with E-state index >= 15 is 0 Å². The van der Waals surface area contributed by atoms with Crippen molar-refractivity contribution in [2.75, 3.05) is 25.0 Å². The van der Waals surface area contributed by atoms with Crippen LogP contribution in [0.25, 0.3) is 0 Å². The monoisotopic (exact) mass is 287 g/mol. The molecule has 2 aliphatic rings. The highest BCUT2D eigenvalue weighted by Gasteiger charge is 2.27. The van der Waals surface area contributed by atoms with Crippen LogP contribution in [-0.2, 0) is 0 Å². The van der Waals surface area contributed by atoms with Gasteiger partial charge in [-0.15, -0.1) is 0 Å². The highest BCUT2D eigenvalue weighted by Crippen LogP contribution is 2.26. The van der Waals surface area contributed by atoms with E-state index < -0.39 is 0 Å². The van der Waals surface area contributed by atoms with E-state index in [-0.39, 0.29) is 5.91 Å². The summed E-state index contributed by atoms with van der Waals surface area (Å²) in [6.07, 6.45) is 10.3. The molecule has 1 aromatic rings. The van der Waals surface area contributed by atoms with Gasteiger partial charge in [0, 0.05) is 32.4 Å². The lowest BCUT2D eigenvalue weighted by Gasteiger charge is -2.32. The van der Waals surface area contributed by atoms with Crippen LogP contribution in [0.2, 0.25) is 0 Å². The summed E-state index contributed by atoms with van der Waals surface area (Å²) in [6.45, 7) is 2.04. The Bertz CT molecular complexity index is 491. The van der Waals surface area contributed by atoms with Gasteiger partial charge in [-0.3, -0.25) is 4.79 Å². The second-order valence-electron chi connectivity index (χ2n) is 6.28. The van der Waals surface area contributed by atoms with Crippen LogP contribution in [0.1, 0.15) is 55.3 Å². The van der Waals surface area contributed by atoms with Crippen LogP contribution in [0.3, 0.4) is 0 Å². The van der Waals surface area contributed by atoms with E-state index in [4.69, 9.17) is 0 Å². The molecule has 4 nitrogen and oxygen atoms in total. The van der Waals surface area contributed by atoms with Crippen LogP contribution >= 0.6 is 0 Å². The topological polar surface area (TPSA) is 36.4 Å². The number of aromatic nitrogens is 1. The van der Waals surface area contributed by atoms with Crippen LogP contribution in [0.15, 0.2) is 18.3 Å². The fraction of sp³-hybridized carbons (Fsp3) is 0.647. The molecule has 1 aromatic heterocycles. The molecule has 2 fully saturated rings. The highest BCUT2D eigenvalue weighted by molar-refractivity contribution is 5.99. The van der Waals surface area contributed by atoms with Gasteiger partial charge in [0.05, 0.1) is 5.56 Å². The molecule has 1 amide bonds. The quantitative estimate of drug-likeness (QED) is 0.857. The average molecular weight is 287 g/mol. The smallest absolute Gasteiger partial charge is 0.257 e. The summed E-state index contributed by atoms with van der Waals surface area (Å²) in [5, 5.41) is 0. The van der Waals surface area contributed by atoms with Crippen molar-refractivity contribution in [1.29, 1.82) is 0 Å². The van der Waals surface area contributed by atoms with Crippen molar-refractivity contribution in [3.63, 3.8) is 0 Å². The zero-order valence-corrected chi connectivity index (χ0v) is 12.9. The molecule has 0 atom stereocenters. The summed E-state index contributed by atoms with van der Waals surface area (Å²) < 4.78 is 0. The van der Waals surface area contributed by atoms with Gasteiger partial charge in [-0.1, -0.05) is 19.3 Å². The molecule has 0 radical (unpaired) electrons. The summed E-state index contributed by atoms with van der Waals surface area (Å²) in [4.78, 5) is 21.6. The number of amides is 1. The summed E-state index contributed by atoms with van der Waals surface area (Å²) in [7, 11) is 1.96. The van der Waals surface area contributed by atoms with Crippen molar-refractivity contribution < 1.29 is 4.79 Å². The Labute approximate surface area is 127 Å². The van der Waals surface area contributed by atoms with E-state index in [1.807, 2.05) is 24.1 Å². The number of hydrogen-bond acceptors (Lipinski definition) is 3. The number of rotatable bonds is 3. The third-order valence-corrected chi connectivity index (χ3v) is 4.87. The normalized spacial score (nSPS) is 19.8. The third kappa shape index (κ3) is 3.04.